The van der Waals surface area contributed by atoms with Crippen molar-refractivity contribution in [2.24, 2.45) is 5.10 Å². The van der Waals surface area contributed by atoms with Gasteiger partial charge in [-0.25, -0.2) is 5.43 Å². The van der Waals surface area contributed by atoms with Crippen molar-refractivity contribution < 1.29 is 4.79 Å². The molecule has 2 N–H and O–H groups in total. The standard InChI is InChI=1S/C15H13Cl2N3O/c16-12-6-2-1-5-11(12)9-19-20-15(21)10-18-14-8-4-3-7-13(14)17/h1-9,18H,10H2,(H,20,21). The third-order valence-corrected chi connectivity index (χ3v) is 3.29. The van der Waals surface area contributed by atoms with E-state index < -0.39 is 0 Å². The van der Waals surface area contributed by atoms with Crippen LogP contribution in [0.15, 0.2) is 53.6 Å². The van der Waals surface area contributed by atoms with Gasteiger partial charge < -0.3 is 5.32 Å². The van der Waals surface area contributed by atoms with Gasteiger partial charge in [-0.3, -0.25) is 4.79 Å². The molecule has 1 amide bonds. The fourth-order valence-electron chi connectivity index (χ4n) is 1.57. The Morgan fingerprint density at radius 1 is 1.05 bits per heavy atom. The van der Waals surface area contributed by atoms with E-state index >= 15 is 0 Å². The van der Waals surface area contributed by atoms with Crippen LogP contribution in [0.4, 0.5) is 5.69 Å². The summed E-state index contributed by atoms with van der Waals surface area (Å²) in [6, 6.07) is 14.4. The van der Waals surface area contributed by atoms with Crippen molar-refractivity contribution in [2.45, 2.75) is 0 Å². The summed E-state index contributed by atoms with van der Waals surface area (Å²) in [5.41, 5.74) is 3.85. The van der Waals surface area contributed by atoms with Crippen molar-refractivity contribution >= 4 is 41.0 Å². The van der Waals surface area contributed by atoms with Gasteiger partial charge in [0.05, 0.1) is 23.5 Å². The number of carbonyl (C=O) groups is 1. The summed E-state index contributed by atoms with van der Waals surface area (Å²) in [5, 5.41) is 7.92. The van der Waals surface area contributed by atoms with Gasteiger partial charge >= 0.3 is 0 Å². The van der Waals surface area contributed by atoms with Gasteiger partial charge in [0.2, 0.25) is 0 Å². The minimum Gasteiger partial charge on any atom is -0.375 e. The van der Waals surface area contributed by atoms with Crippen LogP contribution in [0.3, 0.4) is 0 Å². The Hall–Kier alpha value is -2.04. The van der Waals surface area contributed by atoms with E-state index in [0.29, 0.717) is 15.7 Å². The summed E-state index contributed by atoms with van der Waals surface area (Å²) in [7, 11) is 0. The first kappa shape index (κ1) is 15.4. The molecule has 2 aromatic rings. The minimum absolute atomic E-state index is 0.0730. The van der Waals surface area contributed by atoms with Crippen LogP contribution < -0.4 is 10.7 Å². The summed E-state index contributed by atoms with van der Waals surface area (Å²) >= 11 is 11.9. The molecule has 108 valence electrons. The number of anilines is 1. The SMILES string of the molecule is O=C(CNc1ccccc1Cl)NN=Cc1ccccc1Cl. The Balaban J connectivity index is 1.83. The molecular weight excluding hydrogens is 309 g/mol. The zero-order valence-electron chi connectivity index (χ0n) is 11.0. The van der Waals surface area contributed by atoms with Crippen molar-refractivity contribution in [2.75, 3.05) is 11.9 Å². The lowest BCUT2D eigenvalue weighted by Gasteiger charge is -2.06. The summed E-state index contributed by atoms with van der Waals surface area (Å²) in [6.45, 7) is 0.0730. The lowest BCUT2D eigenvalue weighted by atomic mass is 10.2. The second-order valence-corrected chi connectivity index (χ2v) is 4.96. The number of hydrogen-bond donors (Lipinski definition) is 2. The first-order chi connectivity index (χ1) is 10.2. The van der Waals surface area contributed by atoms with Crippen molar-refractivity contribution in [1.82, 2.24) is 5.43 Å². The topological polar surface area (TPSA) is 53.5 Å². The van der Waals surface area contributed by atoms with Crippen LogP contribution >= 0.6 is 23.2 Å². The molecule has 4 nitrogen and oxygen atoms in total. The second-order valence-electron chi connectivity index (χ2n) is 4.15. The lowest BCUT2D eigenvalue weighted by Crippen LogP contribution is -2.25. The highest BCUT2D eigenvalue weighted by Gasteiger charge is 2.02. The highest BCUT2D eigenvalue weighted by Crippen LogP contribution is 2.19. The number of nitrogens with zero attached hydrogens (tertiary/aromatic N) is 1. The van der Waals surface area contributed by atoms with Crippen molar-refractivity contribution in [3.05, 3.63) is 64.1 Å². The largest absolute Gasteiger partial charge is 0.375 e. The van der Waals surface area contributed by atoms with Gasteiger partial charge in [0.25, 0.3) is 5.91 Å². The van der Waals surface area contributed by atoms with E-state index in [0.717, 1.165) is 5.56 Å². The van der Waals surface area contributed by atoms with Gasteiger partial charge in [0.15, 0.2) is 0 Å². The molecule has 21 heavy (non-hydrogen) atoms. The van der Waals surface area contributed by atoms with Crippen LogP contribution in [0.5, 0.6) is 0 Å². The number of hydrogen-bond acceptors (Lipinski definition) is 3. The van der Waals surface area contributed by atoms with Crippen LogP contribution in [-0.2, 0) is 4.79 Å². The first-order valence-electron chi connectivity index (χ1n) is 6.21. The van der Waals surface area contributed by atoms with Crippen molar-refractivity contribution in [3.8, 4) is 0 Å². The van der Waals surface area contributed by atoms with Gasteiger partial charge in [0, 0.05) is 10.6 Å². The smallest absolute Gasteiger partial charge is 0.259 e. The number of carbonyl (C=O) groups excluding carboxylic acids is 1. The number of amides is 1. The fourth-order valence-corrected chi connectivity index (χ4v) is 1.96. The molecule has 0 unspecified atom stereocenters. The molecule has 0 saturated heterocycles. The number of hydrazone groups is 1. The monoisotopic (exact) mass is 321 g/mol. The molecule has 0 spiro atoms. The average molecular weight is 322 g/mol. The Morgan fingerprint density at radius 3 is 2.43 bits per heavy atom. The van der Waals surface area contributed by atoms with Crippen LogP contribution in [0, 0.1) is 0 Å². The molecule has 0 aromatic heterocycles. The molecule has 0 atom stereocenters. The number of benzene rings is 2. The molecule has 0 aliphatic rings. The normalized spacial score (nSPS) is 10.6. The quantitative estimate of drug-likeness (QED) is 0.653. The number of nitrogens with one attached hydrogen (secondary N) is 2. The predicted molar refractivity (Wildman–Crippen MR) is 87.1 cm³/mol. The van der Waals surface area contributed by atoms with E-state index in [1.54, 1.807) is 24.3 Å². The molecule has 0 bridgehead atoms. The number of halogens is 2. The van der Waals surface area contributed by atoms with Crippen LogP contribution in [-0.4, -0.2) is 18.7 Å². The minimum atomic E-state index is -0.279. The van der Waals surface area contributed by atoms with E-state index in [2.05, 4.69) is 15.8 Å². The molecule has 0 fully saturated rings. The van der Waals surface area contributed by atoms with E-state index in [4.69, 9.17) is 23.2 Å². The summed E-state index contributed by atoms with van der Waals surface area (Å²) in [6.07, 6.45) is 1.50. The molecule has 0 aliphatic heterocycles. The second kappa shape index (κ2) is 7.67. The molecule has 0 saturated carbocycles. The number of rotatable bonds is 5. The van der Waals surface area contributed by atoms with Gasteiger partial charge in [0.1, 0.15) is 0 Å². The molecule has 0 aliphatic carbocycles. The first-order valence-corrected chi connectivity index (χ1v) is 6.97. The third kappa shape index (κ3) is 4.77. The maximum absolute atomic E-state index is 11.6. The Labute approximate surface area is 132 Å². The maximum Gasteiger partial charge on any atom is 0.259 e. The lowest BCUT2D eigenvalue weighted by molar-refractivity contribution is -0.119. The van der Waals surface area contributed by atoms with E-state index in [1.165, 1.54) is 6.21 Å². The zero-order valence-corrected chi connectivity index (χ0v) is 12.5. The van der Waals surface area contributed by atoms with Gasteiger partial charge in [-0.15, -0.1) is 0 Å². The molecular formula is C15H13Cl2N3O. The molecule has 2 aromatic carbocycles. The Bertz CT molecular complexity index is 659. The number of para-hydroxylation sites is 1. The summed E-state index contributed by atoms with van der Waals surface area (Å²) in [4.78, 5) is 11.6. The molecule has 2 rings (SSSR count). The van der Waals surface area contributed by atoms with Gasteiger partial charge in [-0.05, 0) is 18.2 Å². The summed E-state index contributed by atoms with van der Waals surface area (Å²) in [5.74, 6) is -0.279. The van der Waals surface area contributed by atoms with E-state index in [9.17, 15) is 4.79 Å². The van der Waals surface area contributed by atoms with Crippen LogP contribution in [0.25, 0.3) is 0 Å². The highest BCUT2D eigenvalue weighted by molar-refractivity contribution is 6.33. The van der Waals surface area contributed by atoms with Crippen molar-refractivity contribution in [3.63, 3.8) is 0 Å². The van der Waals surface area contributed by atoms with Gasteiger partial charge in [-0.1, -0.05) is 53.5 Å². The van der Waals surface area contributed by atoms with Gasteiger partial charge in [-0.2, -0.15) is 5.10 Å². The fraction of sp³-hybridized carbons (Fsp3) is 0.0667. The molecule has 0 radical (unpaired) electrons. The summed E-state index contributed by atoms with van der Waals surface area (Å²) < 4.78 is 0. The molecule has 6 heteroatoms. The van der Waals surface area contributed by atoms with Crippen LogP contribution in [0.1, 0.15) is 5.56 Å². The molecule has 0 heterocycles. The van der Waals surface area contributed by atoms with Crippen LogP contribution in [0.2, 0.25) is 10.0 Å². The Morgan fingerprint density at radius 2 is 1.71 bits per heavy atom. The predicted octanol–water partition coefficient (Wildman–Crippen LogP) is 3.56. The maximum atomic E-state index is 11.6. The highest BCUT2D eigenvalue weighted by atomic mass is 35.5. The zero-order chi connectivity index (χ0) is 15.1. The third-order valence-electron chi connectivity index (χ3n) is 2.61. The average Bonchev–Trinajstić information content (AvgIpc) is 2.48. The van der Waals surface area contributed by atoms with Crippen molar-refractivity contribution in [1.29, 1.82) is 0 Å². The van der Waals surface area contributed by atoms with E-state index in [-0.39, 0.29) is 12.5 Å². The van der Waals surface area contributed by atoms with E-state index in [1.807, 2.05) is 24.3 Å². The Kier molecular flexibility index (Phi) is 5.60.